The average Bonchev–Trinajstić information content (AvgIpc) is 2.61. The molecule has 0 heterocycles. The number of carbonyl (C=O) groups excluding carboxylic acids is 2. The zero-order valence-corrected chi connectivity index (χ0v) is 15.0. The third-order valence-corrected chi connectivity index (χ3v) is 4.32. The standard InChI is InChI=1S/C20H10Cl2F2O3/c21-12-6-3-7-13(22)17(12)20(26)27-16-10-2-1-5-11(16)19(25)18-14(23)8-4-9-15(18)24/h1-10H. The Hall–Kier alpha value is -2.76. The number of halogens is 4. The third kappa shape index (κ3) is 3.84. The van der Waals surface area contributed by atoms with Crippen molar-refractivity contribution < 1.29 is 23.1 Å². The maximum absolute atomic E-state index is 13.9. The smallest absolute Gasteiger partial charge is 0.346 e. The molecule has 0 spiro atoms. The lowest BCUT2D eigenvalue weighted by atomic mass is 10.0. The van der Waals surface area contributed by atoms with Crippen LogP contribution < -0.4 is 4.74 Å². The molecule has 3 rings (SSSR count). The second-order valence-electron chi connectivity index (χ2n) is 5.41. The summed E-state index contributed by atoms with van der Waals surface area (Å²) in [4.78, 5) is 25.1. The molecular formula is C20H10Cl2F2O3. The summed E-state index contributed by atoms with van der Waals surface area (Å²) in [5, 5.41) is 0.132. The number of rotatable bonds is 4. The second kappa shape index (κ2) is 7.86. The van der Waals surface area contributed by atoms with Gasteiger partial charge in [0, 0.05) is 0 Å². The summed E-state index contributed by atoms with van der Waals surface area (Å²) in [6.07, 6.45) is 0. The minimum absolute atomic E-state index is 0.0662. The third-order valence-electron chi connectivity index (χ3n) is 3.69. The van der Waals surface area contributed by atoms with E-state index < -0.39 is 29.0 Å². The fraction of sp³-hybridized carbons (Fsp3) is 0. The largest absolute Gasteiger partial charge is 0.422 e. The first kappa shape index (κ1) is 19.0. The molecule has 7 heteroatoms. The average molecular weight is 407 g/mol. The van der Waals surface area contributed by atoms with Gasteiger partial charge in [0.05, 0.1) is 26.7 Å². The number of para-hydroxylation sites is 1. The fourth-order valence-corrected chi connectivity index (χ4v) is 2.99. The Labute approximate surface area is 163 Å². The summed E-state index contributed by atoms with van der Waals surface area (Å²) >= 11 is 12.0. The van der Waals surface area contributed by atoms with E-state index in [1.807, 2.05) is 0 Å². The van der Waals surface area contributed by atoms with Crippen LogP contribution in [0.25, 0.3) is 0 Å². The highest BCUT2D eigenvalue weighted by Crippen LogP contribution is 2.29. The molecule has 3 aromatic carbocycles. The van der Waals surface area contributed by atoms with Crippen molar-refractivity contribution in [3.05, 3.63) is 99.0 Å². The van der Waals surface area contributed by atoms with Crippen LogP contribution in [0.4, 0.5) is 8.78 Å². The summed E-state index contributed by atoms with van der Waals surface area (Å²) in [6.45, 7) is 0. The molecule has 0 aliphatic carbocycles. The summed E-state index contributed by atoms with van der Waals surface area (Å²) in [5.74, 6) is -4.07. The zero-order chi connectivity index (χ0) is 19.6. The van der Waals surface area contributed by atoms with Crippen molar-refractivity contribution in [2.75, 3.05) is 0 Å². The minimum atomic E-state index is -1.02. The lowest BCUT2D eigenvalue weighted by Crippen LogP contribution is -2.14. The van der Waals surface area contributed by atoms with Gasteiger partial charge in [-0.2, -0.15) is 0 Å². The molecule has 0 aromatic heterocycles. The Kier molecular flexibility index (Phi) is 5.54. The van der Waals surface area contributed by atoms with Crippen LogP contribution in [0.15, 0.2) is 60.7 Å². The highest BCUT2D eigenvalue weighted by molar-refractivity contribution is 6.39. The topological polar surface area (TPSA) is 43.4 Å². The van der Waals surface area contributed by atoms with Gasteiger partial charge in [-0.3, -0.25) is 4.79 Å². The van der Waals surface area contributed by atoms with E-state index in [1.165, 1.54) is 36.4 Å². The Balaban J connectivity index is 2.00. The molecule has 0 atom stereocenters. The number of hydrogen-bond acceptors (Lipinski definition) is 3. The predicted molar refractivity (Wildman–Crippen MR) is 97.7 cm³/mol. The quantitative estimate of drug-likeness (QED) is 0.316. The van der Waals surface area contributed by atoms with E-state index in [-0.39, 0.29) is 26.9 Å². The molecular weight excluding hydrogens is 397 g/mol. The molecule has 27 heavy (non-hydrogen) atoms. The Bertz CT molecular complexity index is 1010. The van der Waals surface area contributed by atoms with Crippen molar-refractivity contribution >= 4 is 35.0 Å². The predicted octanol–water partition coefficient (Wildman–Crippen LogP) is 5.72. The molecule has 0 aliphatic heterocycles. The monoisotopic (exact) mass is 406 g/mol. The zero-order valence-electron chi connectivity index (χ0n) is 13.5. The number of ether oxygens (including phenoxy) is 1. The number of carbonyl (C=O) groups is 2. The van der Waals surface area contributed by atoms with Gasteiger partial charge in [0.15, 0.2) is 0 Å². The van der Waals surface area contributed by atoms with E-state index in [4.69, 9.17) is 27.9 Å². The van der Waals surface area contributed by atoms with Crippen LogP contribution >= 0.6 is 23.2 Å². The molecule has 136 valence electrons. The highest BCUT2D eigenvalue weighted by Gasteiger charge is 2.24. The van der Waals surface area contributed by atoms with E-state index in [2.05, 4.69) is 0 Å². The first-order chi connectivity index (χ1) is 12.9. The van der Waals surface area contributed by atoms with Crippen LogP contribution in [-0.4, -0.2) is 11.8 Å². The number of hydrogen-bond donors (Lipinski definition) is 0. The van der Waals surface area contributed by atoms with Crippen molar-refractivity contribution in [3.63, 3.8) is 0 Å². The molecule has 0 bridgehead atoms. The van der Waals surface area contributed by atoms with Gasteiger partial charge >= 0.3 is 5.97 Å². The molecule has 0 aliphatic rings. The van der Waals surface area contributed by atoms with E-state index in [9.17, 15) is 18.4 Å². The van der Waals surface area contributed by atoms with E-state index in [1.54, 1.807) is 6.07 Å². The van der Waals surface area contributed by atoms with Gasteiger partial charge in [-0.25, -0.2) is 13.6 Å². The van der Waals surface area contributed by atoms with Gasteiger partial charge in [-0.15, -0.1) is 0 Å². The van der Waals surface area contributed by atoms with Crippen LogP contribution in [0.5, 0.6) is 5.75 Å². The SMILES string of the molecule is O=C(c1ccccc1OC(=O)c1c(Cl)cccc1Cl)c1c(F)cccc1F. The van der Waals surface area contributed by atoms with Crippen LogP contribution in [0.1, 0.15) is 26.3 Å². The van der Waals surface area contributed by atoms with Gasteiger partial charge in [-0.1, -0.05) is 47.5 Å². The van der Waals surface area contributed by atoms with Gasteiger partial charge in [0.1, 0.15) is 17.4 Å². The molecule has 0 saturated carbocycles. The summed E-state index contributed by atoms with van der Waals surface area (Å²) in [5.41, 5.74) is -1.00. The lowest BCUT2D eigenvalue weighted by molar-refractivity contribution is 0.0733. The van der Waals surface area contributed by atoms with Crippen LogP contribution in [-0.2, 0) is 0 Å². The summed E-state index contributed by atoms with van der Waals surface area (Å²) in [6, 6.07) is 13.2. The Morgan fingerprint density at radius 2 is 1.30 bits per heavy atom. The van der Waals surface area contributed by atoms with Gasteiger partial charge < -0.3 is 4.74 Å². The number of ketones is 1. The van der Waals surface area contributed by atoms with Crippen molar-refractivity contribution in [1.29, 1.82) is 0 Å². The second-order valence-corrected chi connectivity index (χ2v) is 6.22. The van der Waals surface area contributed by atoms with E-state index >= 15 is 0 Å². The number of esters is 1. The number of benzene rings is 3. The Morgan fingerprint density at radius 1 is 0.741 bits per heavy atom. The van der Waals surface area contributed by atoms with Crippen molar-refractivity contribution in [1.82, 2.24) is 0 Å². The van der Waals surface area contributed by atoms with Crippen molar-refractivity contribution in [2.24, 2.45) is 0 Å². The van der Waals surface area contributed by atoms with Gasteiger partial charge in [0.25, 0.3) is 0 Å². The molecule has 3 aromatic rings. The lowest BCUT2D eigenvalue weighted by Gasteiger charge is -2.11. The van der Waals surface area contributed by atoms with Crippen LogP contribution in [0.3, 0.4) is 0 Å². The van der Waals surface area contributed by atoms with E-state index in [0.29, 0.717) is 0 Å². The van der Waals surface area contributed by atoms with E-state index in [0.717, 1.165) is 18.2 Å². The molecule has 0 unspecified atom stereocenters. The highest BCUT2D eigenvalue weighted by atomic mass is 35.5. The first-order valence-electron chi connectivity index (χ1n) is 7.64. The molecule has 0 N–H and O–H groups in total. The van der Waals surface area contributed by atoms with Crippen LogP contribution in [0, 0.1) is 11.6 Å². The van der Waals surface area contributed by atoms with Crippen LogP contribution in [0.2, 0.25) is 10.0 Å². The molecule has 3 nitrogen and oxygen atoms in total. The molecule has 0 radical (unpaired) electrons. The summed E-state index contributed by atoms with van der Waals surface area (Å²) < 4.78 is 33.1. The Morgan fingerprint density at radius 3 is 1.93 bits per heavy atom. The van der Waals surface area contributed by atoms with Gasteiger partial charge in [0.2, 0.25) is 5.78 Å². The summed E-state index contributed by atoms with van der Waals surface area (Å²) in [7, 11) is 0. The van der Waals surface area contributed by atoms with Crippen molar-refractivity contribution in [2.45, 2.75) is 0 Å². The van der Waals surface area contributed by atoms with Gasteiger partial charge in [-0.05, 0) is 36.4 Å². The fourth-order valence-electron chi connectivity index (χ4n) is 2.44. The normalized spacial score (nSPS) is 10.5. The first-order valence-corrected chi connectivity index (χ1v) is 8.39. The minimum Gasteiger partial charge on any atom is -0.422 e. The molecule has 0 saturated heterocycles. The maximum atomic E-state index is 13.9. The molecule has 0 amide bonds. The molecule has 0 fully saturated rings. The van der Waals surface area contributed by atoms with Crippen molar-refractivity contribution in [3.8, 4) is 5.75 Å². The maximum Gasteiger partial charge on any atom is 0.346 e.